The van der Waals surface area contributed by atoms with E-state index in [2.05, 4.69) is 20.5 Å². The molecule has 2 heterocycles. The Hall–Kier alpha value is -1.82. The zero-order chi connectivity index (χ0) is 9.80. The summed E-state index contributed by atoms with van der Waals surface area (Å²) < 4.78 is 6.49. The van der Waals surface area contributed by atoms with Gasteiger partial charge in [0.25, 0.3) is 0 Å². The Morgan fingerprint density at radius 1 is 1.43 bits per heavy atom. The fourth-order valence-electron chi connectivity index (χ4n) is 1.09. The Balaban J connectivity index is 2.37. The largest absolute Gasteiger partial charge is 0.362 e. The molecule has 0 N–H and O–H groups in total. The number of hydrogen-bond acceptors (Lipinski definition) is 5. The lowest BCUT2D eigenvalue weighted by Crippen LogP contribution is -2.04. The molecule has 0 fully saturated rings. The summed E-state index contributed by atoms with van der Waals surface area (Å²) in [6.07, 6.45) is 1.70. The third-order valence-corrected chi connectivity index (χ3v) is 1.68. The van der Waals surface area contributed by atoms with Crippen LogP contribution in [-0.2, 0) is 11.5 Å². The number of tetrazole rings is 1. The maximum Gasteiger partial charge on any atom is 0.202 e. The van der Waals surface area contributed by atoms with E-state index in [9.17, 15) is 0 Å². The number of nitrogens with zero attached hydrogens (tertiary/aromatic N) is 5. The van der Waals surface area contributed by atoms with E-state index in [1.807, 2.05) is 18.2 Å². The van der Waals surface area contributed by atoms with Crippen LogP contribution in [0, 0.1) is 0 Å². The van der Waals surface area contributed by atoms with Gasteiger partial charge in [-0.15, -0.1) is 5.10 Å². The first-order valence-electron chi connectivity index (χ1n) is 4.08. The first kappa shape index (κ1) is 8.76. The van der Waals surface area contributed by atoms with Crippen LogP contribution in [0.5, 0.6) is 0 Å². The van der Waals surface area contributed by atoms with Crippen molar-refractivity contribution < 1.29 is 4.74 Å². The minimum Gasteiger partial charge on any atom is -0.362 e. The molecule has 0 aliphatic heterocycles. The van der Waals surface area contributed by atoms with Crippen LogP contribution in [0.3, 0.4) is 0 Å². The van der Waals surface area contributed by atoms with Crippen molar-refractivity contribution in [1.29, 1.82) is 0 Å². The molecule has 0 amide bonds. The first-order chi connectivity index (χ1) is 6.92. The summed E-state index contributed by atoms with van der Waals surface area (Å²) in [5.41, 5.74) is 0.731. The molecule has 2 rings (SSSR count). The van der Waals surface area contributed by atoms with E-state index in [-0.39, 0.29) is 0 Å². The van der Waals surface area contributed by atoms with Gasteiger partial charge in [0.15, 0.2) is 0 Å². The van der Waals surface area contributed by atoms with Gasteiger partial charge in [-0.05, 0) is 22.6 Å². The average Bonchev–Trinajstić information content (AvgIpc) is 2.68. The number of rotatable bonds is 3. The summed E-state index contributed by atoms with van der Waals surface area (Å²) in [4.78, 5) is 4.15. The molecule has 0 spiro atoms. The van der Waals surface area contributed by atoms with Gasteiger partial charge in [-0.2, -0.15) is 4.68 Å². The summed E-state index contributed by atoms with van der Waals surface area (Å²) >= 11 is 0. The molecule has 6 heteroatoms. The highest BCUT2D eigenvalue weighted by atomic mass is 16.5. The second kappa shape index (κ2) is 3.93. The van der Waals surface area contributed by atoms with Gasteiger partial charge >= 0.3 is 0 Å². The quantitative estimate of drug-likeness (QED) is 0.699. The van der Waals surface area contributed by atoms with Crippen molar-refractivity contribution in [3.63, 3.8) is 0 Å². The Morgan fingerprint density at radius 3 is 3.07 bits per heavy atom. The van der Waals surface area contributed by atoms with Crippen LogP contribution in [-0.4, -0.2) is 32.3 Å². The van der Waals surface area contributed by atoms with Crippen molar-refractivity contribution in [1.82, 2.24) is 25.2 Å². The van der Waals surface area contributed by atoms with Gasteiger partial charge in [-0.3, -0.25) is 4.98 Å². The molecule has 6 nitrogen and oxygen atoms in total. The van der Waals surface area contributed by atoms with Gasteiger partial charge in [0.1, 0.15) is 12.4 Å². The number of methoxy groups -OCH3 is 1. The van der Waals surface area contributed by atoms with Gasteiger partial charge in [0, 0.05) is 13.3 Å². The molecule has 0 atom stereocenters. The summed E-state index contributed by atoms with van der Waals surface area (Å²) in [7, 11) is 1.59. The molecule has 72 valence electrons. The Bertz CT molecular complexity index is 399. The third kappa shape index (κ3) is 1.60. The Labute approximate surface area is 80.5 Å². The van der Waals surface area contributed by atoms with E-state index < -0.39 is 0 Å². The number of aromatic nitrogens is 5. The summed E-state index contributed by atoms with van der Waals surface area (Å²) in [6.45, 7) is 0.318. The minimum absolute atomic E-state index is 0.318. The van der Waals surface area contributed by atoms with E-state index in [4.69, 9.17) is 4.74 Å². The van der Waals surface area contributed by atoms with Gasteiger partial charge in [-0.1, -0.05) is 6.07 Å². The highest BCUT2D eigenvalue weighted by molar-refractivity contribution is 5.47. The zero-order valence-corrected chi connectivity index (χ0v) is 7.66. The lowest BCUT2D eigenvalue weighted by molar-refractivity contribution is 0.120. The van der Waals surface area contributed by atoms with Crippen molar-refractivity contribution in [3.05, 3.63) is 24.4 Å². The zero-order valence-electron chi connectivity index (χ0n) is 7.66. The standard InChI is InChI=1S/C8H9N5O/c1-14-6-13-8(10-11-12-13)7-4-2-3-5-9-7/h2-5H,6H2,1H3. The number of pyridine rings is 1. The molecule has 0 radical (unpaired) electrons. The monoisotopic (exact) mass is 191 g/mol. The van der Waals surface area contributed by atoms with E-state index in [1.165, 1.54) is 0 Å². The first-order valence-corrected chi connectivity index (χ1v) is 4.08. The van der Waals surface area contributed by atoms with Gasteiger partial charge in [0.2, 0.25) is 5.82 Å². The lowest BCUT2D eigenvalue weighted by Gasteiger charge is -2.00. The van der Waals surface area contributed by atoms with Crippen LogP contribution in [0.15, 0.2) is 24.4 Å². The van der Waals surface area contributed by atoms with Gasteiger partial charge in [-0.25, -0.2) is 0 Å². The van der Waals surface area contributed by atoms with E-state index >= 15 is 0 Å². The van der Waals surface area contributed by atoms with Crippen molar-refractivity contribution >= 4 is 0 Å². The van der Waals surface area contributed by atoms with Crippen molar-refractivity contribution in [2.75, 3.05) is 7.11 Å². The summed E-state index contributed by atoms with van der Waals surface area (Å²) in [5.74, 6) is 0.604. The molecule has 0 bridgehead atoms. The molecule has 2 aromatic rings. The maximum atomic E-state index is 4.94. The van der Waals surface area contributed by atoms with Crippen LogP contribution in [0.4, 0.5) is 0 Å². The Morgan fingerprint density at radius 2 is 2.36 bits per heavy atom. The van der Waals surface area contributed by atoms with Crippen LogP contribution < -0.4 is 0 Å². The predicted molar refractivity (Wildman–Crippen MR) is 48.1 cm³/mol. The van der Waals surface area contributed by atoms with E-state index in [0.29, 0.717) is 12.6 Å². The normalized spacial score (nSPS) is 10.4. The number of hydrogen-bond donors (Lipinski definition) is 0. The molecule has 0 aromatic carbocycles. The third-order valence-electron chi connectivity index (χ3n) is 1.68. The number of ether oxygens (including phenoxy) is 1. The van der Waals surface area contributed by atoms with Gasteiger partial charge in [0.05, 0.1) is 0 Å². The summed E-state index contributed by atoms with van der Waals surface area (Å²) in [6, 6.07) is 5.57. The van der Waals surface area contributed by atoms with Crippen molar-refractivity contribution in [3.8, 4) is 11.5 Å². The highest BCUT2D eigenvalue weighted by Gasteiger charge is 2.08. The summed E-state index contributed by atoms with van der Waals surface area (Å²) in [5, 5.41) is 11.2. The smallest absolute Gasteiger partial charge is 0.202 e. The molecule has 0 saturated carbocycles. The van der Waals surface area contributed by atoms with E-state index in [0.717, 1.165) is 5.69 Å². The molecule has 0 saturated heterocycles. The van der Waals surface area contributed by atoms with Gasteiger partial charge < -0.3 is 4.74 Å². The minimum atomic E-state index is 0.318. The topological polar surface area (TPSA) is 65.7 Å². The molecule has 0 aliphatic rings. The molecule has 0 aliphatic carbocycles. The second-order valence-corrected chi connectivity index (χ2v) is 2.63. The lowest BCUT2D eigenvalue weighted by atomic mass is 10.3. The Kier molecular flexibility index (Phi) is 2.46. The molecular formula is C8H9N5O. The predicted octanol–water partition coefficient (Wildman–Crippen LogP) is 0.339. The molecule has 2 aromatic heterocycles. The fraction of sp³-hybridized carbons (Fsp3) is 0.250. The van der Waals surface area contributed by atoms with Crippen LogP contribution in [0.2, 0.25) is 0 Å². The highest BCUT2D eigenvalue weighted by Crippen LogP contribution is 2.10. The fourth-order valence-corrected chi connectivity index (χ4v) is 1.09. The van der Waals surface area contributed by atoms with Crippen molar-refractivity contribution in [2.24, 2.45) is 0 Å². The van der Waals surface area contributed by atoms with Crippen LogP contribution in [0.1, 0.15) is 0 Å². The molecule has 0 unspecified atom stereocenters. The molecule has 14 heavy (non-hydrogen) atoms. The van der Waals surface area contributed by atoms with Crippen LogP contribution in [0.25, 0.3) is 11.5 Å². The van der Waals surface area contributed by atoms with E-state index in [1.54, 1.807) is 18.0 Å². The molecular weight excluding hydrogens is 182 g/mol. The SMILES string of the molecule is COCn1nnnc1-c1ccccn1. The average molecular weight is 191 g/mol. The van der Waals surface area contributed by atoms with Crippen LogP contribution >= 0.6 is 0 Å². The van der Waals surface area contributed by atoms with Crippen molar-refractivity contribution in [2.45, 2.75) is 6.73 Å². The second-order valence-electron chi connectivity index (χ2n) is 2.63. The maximum absolute atomic E-state index is 4.94.